The van der Waals surface area contributed by atoms with Gasteiger partial charge in [-0.15, -0.1) is 0 Å². The Hall–Kier alpha value is -2.03. The van der Waals surface area contributed by atoms with Crippen LogP contribution in [0, 0.1) is 5.92 Å². The Labute approximate surface area is 169 Å². The maximum absolute atomic E-state index is 12.2. The van der Waals surface area contributed by atoms with Crippen molar-refractivity contribution >= 4 is 5.97 Å². The van der Waals surface area contributed by atoms with Crippen molar-refractivity contribution in [3.8, 4) is 5.75 Å². The highest BCUT2D eigenvalue weighted by Gasteiger charge is 2.25. The van der Waals surface area contributed by atoms with Crippen molar-refractivity contribution in [3.05, 3.63) is 53.1 Å². The van der Waals surface area contributed by atoms with Crippen LogP contribution in [-0.2, 0) is 9.53 Å². The fourth-order valence-electron chi connectivity index (χ4n) is 4.29. The molecule has 152 valence electrons. The molecule has 0 radical (unpaired) electrons. The second kappa shape index (κ2) is 10.5. The van der Waals surface area contributed by atoms with E-state index in [1.54, 1.807) is 7.11 Å². The molecule has 2 atom stereocenters. The molecule has 3 nitrogen and oxygen atoms in total. The van der Waals surface area contributed by atoms with Gasteiger partial charge in [0.15, 0.2) is 0 Å². The normalized spacial score (nSPS) is 22.2. The molecule has 2 aliphatic rings. The Morgan fingerprint density at radius 1 is 1.00 bits per heavy atom. The van der Waals surface area contributed by atoms with E-state index in [4.69, 9.17) is 9.47 Å². The second-order valence-corrected chi connectivity index (χ2v) is 8.05. The van der Waals surface area contributed by atoms with Gasteiger partial charge in [-0.05, 0) is 79.7 Å². The molecule has 3 rings (SSSR count). The molecular weight excluding hydrogens is 348 g/mol. The third-order valence-corrected chi connectivity index (χ3v) is 6.15. The second-order valence-electron chi connectivity index (χ2n) is 8.05. The number of allylic oxidation sites excluding steroid dienone is 4. The van der Waals surface area contributed by atoms with Gasteiger partial charge >= 0.3 is 5.97 Å². The number of rotatable bonds is 8. The van der Waals surface area contributed by atoms with E-state index in [2.05, 4.69) is 43.3 Å². The predicted molar refractivity (Wildman–Crippen MR) is 114 cm³/mol. The minimum Gasteiger partial charge on any atom is -0.497 e. The highest BCUT2D eigenvalue weighted by atomic mass is 16.5. The van der Waals surface area contributed by atoms with E-state index in [1.807, 2.05) is 0 Å². The van der Waals surface area contributed by atoms with Gasteiger partial charge in [0.1, 0.15) is 5.75 Å². The standard InChI is InChI=1S/C25H34O3/c1-3-4-5-18-28-25(26)23-12-10-21(11-13-23)19-6-8-20(9-7-19)22-14-16-24(27-2)17-15-22/h6,10,14-17,20,23H,3-5,7-9,11-13,18H2,1-2H3. The van der Waals surface area contributed by atoms with E-state index in [1.165, 1.54) is 23.1 Å². The van der Waals surface area contributed by atoms with Gasteiger partial charge in [-0.25, -0.2) is 0 Å². The molecule has 0 aliphatic heterocycles. The summed E-state index contributed by atoms with van der Waals surface area (Å²) in [5, 5.41) is 0. The first-order valence-electron chi connectivity index (χ1n) is 10.9. The van der Waals surface area contributed by atoms with Crippen molar-refractivity contribution in [3.63, 3.8) is 0 Å². The van der Waals surface area contributed by atoms with Gasteiger partial charge in [-0.3, -0.25) is 4.79 Å². The zero-order valence-electron chi connectivity index (χ0n) is 17.4. The van der Waals surface area contributed by atoms with E-state index in [9.17, 15) is 4.79 Å². The van der Waals surface area contributed by atoms with Crippen LogP contribution < -0.4 is 4.74 Å². The monoisotopic (exact) mass is 382 g/mol. The first kappa shape index (κ1) is 20.7. The van der Waals surface area contributed by atoms with E-state index >= 15 is 0 Å². The molecule has 2 aliphatic carbocycles. The Balaban J connectivity index is 1.49. The van der Waals surface area contributed by atoms with Gasteiger partial charge in [0.2, 0.25) is 0 Å². The van der Waals surface area contributed by atoms with Gasteiger partial charge in [-0.2, -0.15) is 0 Å². The third-order valence-electron chi connectivity index (χ3n) is 6.15. The number of carbonyl (C=O) groups excluding carboxylic acids is 1. The van der Waals surface area contributed by atoms with Crippen LogP contribution in [0.15, 0.2) is 47.6 Å². The third kappa shape index (κ3) is 5.50. The Kier molecular flexibility index (Phi) is 7.76. The molecule has 0 amide bonds. The average Bonchev–Trinajstić information content (AvgIpc) is 2.77. The summed E-state index contributed by atoms with van der Waals surface area (Å²) in [7, 11) is 1.71. The summed E-state index contributed by atoms with van der Waals surface area (Å²) in [6.45, 7) is 2.74. The zero-order valence-corrected chi connectivity index (χ0v) is 17.4. The molecule has 3 heteroatoms. The first-order chi connectivity index (χ1) is 13.7. The predicted octanol–water partition coefficient (Wildman–Crippen LogP) is 6.35. The van der Waals surface area contributed by atoms with E-state index in [-0.39, 0.29) is 11.9 Å². The van der Waals surface area contributed by atoms with Crippen molar-refractivity contribution < 1.29 is 14.3 Å². The summed E-state index contributed by atoms with van der Waals surface area (Å²) in [4.78, 5) is 12.2. The molecule has 0 spiro atoms. The fraction of sp³-hybridized carbons (Fsp3) is 0.560. The van der Waals surface area contributed by atoms with Crippen molar-refractivity contribution in [1.82, 2.24) is 0 Å². The highest BCUT2D eigenvalue weighted by molar-refractivity contribution is 5.73. The molecular formula is C25H34O3. The van der Waals surface area contributed by atoms with Gasteiger partial charge in [-0.1, -0.05) is 44.1 Å². The smallest absolute Gasteiger partial charge is 0.309 e. The average molecular weight is 383 g/mol. The summed E-state index contributed by atoms with van der Waals surface area (Å²) in [5.74, 6) is 1.58. The summed E-state index contributed by atoms with van der Waals surface area (Å²) < 4.78 is 10.7. The topological polar surface area (TPSA) is 35.5 Å². The maximum Gasteiger partial charge on any atom is 0.309 e. The van der Waals surface area contributed by atoms with Crippen molar-refractivity contribution in [2.24, 2.45) is 5.92 Å². The molecule has 0 heterocycles. The number of esters is 1. The molecule has 28 heavy (non-hydrogen) atoms. The molecule has 1 aromatic rings. The van der Waals surface area contributed by atoms with E-state index in [0.29, 0.717) is 12.5 Å². The summed E-state index contributed by atoms with van der Waals surface area (Å²) in [6, 6.07) is 8.50. The SMILES string of the molecule is CCCCCOC(=O)C1CC=C(C2=CCC(c3ccc(OC)cc3)CC2)CC1. The van der Waals surface area contributed by atoms with Crippen LogP contribution in [0.3, 0.4) is 0 Å². The van der Waals surface area contributed by atoms with Crippen LogP contribution in [0.1, 0.15) is 76.2 Å². The lowest BCUT2D eigenvalue weighted by Gasteiger charge is -2.27. The summed E-state index contributed by atoms with van der Waals surface area (Å²) in [5.41, 5.74) is 4.36. The Morgan fingerprint density at radius 3 is 2.29 bits per heavy atom. The lowest BCUT2D eigenvalue weighted by atomic mass is 9.79. The number of ether oxygens (including phenoxy) is 2. The Bertz CT molecular complexity index is 699. The lowest BCUT2D eigenvalue weighted by Crippen LogP contribution is -2.21. The van der Waals surface area contributed by atoms with Gasteiger partial charge in [0, 0.05) is 0 Å². The molecule has 0 saturated heterocycles. The fourth-order valence-corrected chi connectivity index (χ4v) is 4.29. The molecule has 1 aromatic carbocycles. The minimum absolute atomic E-state index is 0.00333. The largest absolute Gasteiger partial charge is 0.497 e. The van der Waals surface area contributed by atoms with E-state index in [0.717, 1.165) is 57.1 Å². The molecule has 0 bridgehead atoms. The van der Waals surface area contributed by atoms with E-state index < -0.39 is 0 Å². The molecule has 2 unspecified atom stereocenters. The van der Waals surface area contributed by atoms with Crippen LogP contribution >= 0.6 is 0 Å². The molecule has 0 N–H and O–H groups in total. The van der Waals surface area contributed by atoms with Gasteiger partial charge in [0.25, 0.3) is 0 Å². The number of unbranched alkanes of at least 4 members (excludes halogenated alkanes) is 2. The summed E-state index contributed by atoms with van der Waals surface area (Å²) in [6.07, 6.45) is 14.2. The van der Waals surface area contributed by atoms with Crippen molar-refractivity contribution in [1.29, 1.82) is 0 Å². The quantitative estimate of drug-likeness (QED) is 0.388. The number of hydrogen-bond donors (Lipinski definition) is 0. The van der Waals surface area contributed by atoms with Crippen LogP contribution in [0.5, 0.6) is 5.75 Å². The minimum atomic E-state index is 0.00333. The first-order valence-corrected chi connectivity index (χ1v) is 10.9. The Morgan fingerprint density at radius 2 is 1.71 bits per heavy atom. The van der Waals surface area contributed by atoms with Crippen LogP contribution in [0.25, 0.3) is 0 Å². The molecule has 0 saturated carbocycles. The van der Waals surface area contributed by atoms with Crippen molar-refractivity contribution in [2.45, 2.75) is 70.6 Å². The molecule has 0 fully saturated rings. The van der Waals surface area contributed by atoms with Gasteiger partial charge < -0.3 is 9.47 Å². The highest BCUT2D eigenvalue weighted by Crippen LogP contribution is 2.38. The van der Waals surface area contributed by atoms with Gasteiger partial charge in [0.05, 0.1) is 19.6 Å². The lowest BCUT2D eigenvalue weighted by molar-refractivity contribution is -0.148. The number of carbonyl (C=O) groups is 1. The summed E-state index contributed by atoms with van der Waals surface area (Å²) >= 11 is 0. The van der Waals surface area contributed by atoms with Crippen molar-refractivity contribution in [2.75, 3.05) is 13.7 Å². The number of benzene rings is 1. The maximum atomic E-state index is 12.2. The van der Waals surface area contributed by atoms with Crippen LogP contribution in [0.2, 0.25) is 0 Å². The molecule has 0 aromatic heterocycles. The van der Waals surface area contributed by atoms with Crippen LogP contribution in [-0.4, -0.2) is 19.7 Å². The number of hydrogen-bond acceptors (Lipinski definition) is 3. The number of methoxy groups -OCH3 is 1. The zero-order chi connectivity index (χ0) is 19.8. The van der Waals surface area contributed by atoms with Crippen LogP contribution in [0.4, 0.5) is 0 Å².